The predicted octanol–water partition coefficient (Wildman–Crippen LogP) is 3.25. The molecule has 3 unspecified atom stereocenters. The molecule has 4 nitrogen and oxygen atoms in total. The maximum absolute atomic E-state index is 5.46. The summed E-state index contributed by atoms with van der Waals surface area (Å²) < 4.78 is 5.46. The zero-order chi connectivity index (χ0) is 13.2. The largest absolute Gasteiger partial charge is 0.338 e. The third-order valence-electron chi connectivity index (χ3n) is 4.59. The highest BCUT2D eigenvalue weighted by molar-refractivity contribution is 5.01. The van der Waals surface area contributed by atoms with Gasteiger partial charge in [0, 0.05) is 12.5 Å². The molecule has 1 aromatic heterocycles. The molecule has 3 rings (SSSR count). The lowest BCUT2D eigenvalue weighted by atomic mass is 9.85. The molecule has 0 radical (unpaired) electrons. The number of fused-ring (bicyclic) bond motifs is 1. The van der Waals surface area contributed by atoms with Crippen molar-refractivity contribution in [1.29, 1.82) is 0 Å². The second-order valence-corrected chi connectivity index (χ2v) is 6.59. The van der Waals surface area contributed by atoms with E-state index < -0.39 is 0 Å². The molecule has 0 spiro atoms. The van der Waals surface area contributed by atoms with Crippen LogP contribution in [0.2, 0.25) is 0 Å². The highest BCUT2D eigenvalue weighted by Crippen LogP contribution is 2.38. The predicted molar refractivity (Wildman–Crippen MR) is 73.7 cm³/mol. The molecule has 2 heterocycles. The van der Waals surface area contributed by atoms with Crippen molar-refractivity contribution in [1.82, 2.24) is 15.5 Å². The third-order valence-corrected chi connectivity index (χ3v) is 4.59. The Hall–Kier alpha value is -0.900. The fraction of sp³-hybridized carbons (Fsp3) is 0.867. The number of aromatic nitrogens is 2. The van der Waals surface area contributed by atoms with E-state index in [2.05, 4.69) is 29.3 Å². The second kappa shape index (κ2) is 5.61. The van der Waals surface area contributed by atoms with E-state index in [1.54, 1.807) is 0 Å². The first kappa shape index (κ1) is 13.1. The van der Waals surface area contributed by atoms with Crippen LogP contribution in [-0.4, -0.2) is 16.2 Å². The van der Waals surface area contributed by atoms with Crippen LogP contribution in [0, 0.1) is 11.8 Å². The van der Waals surface area contributed by atoms with Crippen LogP contribution in [-0.2, 0) is 6.42 Å². The summed E-state index contributed by atoms with van der Waals surface area (Å²) in [6, 6.07) is 0.984. The van der Waals surface area contributed by atoms with Crippen molar-refractivity contribution in [3.05, 3.63) is 11.7 Å². The minimum absolute atomic E-state index is 0.299. The zero-order valence-electron chi connectivity index (χ0n) is 12.1. The number of rotatable bonds is 4. The summed E-state index contributed by atoms with van der Waals surface area (Å²) in [5.41, 5.74) is 0. The smallest absolute Gasteiger partial charge is 0.243 e. The molecule has 1 aliphatic carbocycles. The van der Waals surface area contributed by atoms with E-state index in [0.29, 0.717) is 18.0 Å². The molecule has 3 atom stereocenters. The molecule has 1 aromatic rings. The summed E-state index contributed by atoms with van der Waals surface area (Å²) in [5.74, 6) is 3.20. The summed E-state index contributed by atoms with van der Waals surface area (Å²) in [6.45, 7) is 4.45. The molecule has 0 bridgehead atoms. The third kappa shape index (κ3) is 2.99. The van der Waals surface area contributed by atoms with Gasteiger partial charge in [-0.1, -0.05) is 31.8 Å². The molecule has 1 N–H and O–H groups in total. The minimum Gasteiger partial charge on any atom is -0.338 e. The average molecular weight is 263 g/mol. The quantitative estimate of drug-likeness (QED) is 0.906. The average Bonchev–Trinajstić information content (AvgIpc) is 3.02. The fourth-order valence-corrected chi connectivity index (χ4v) is 3.44. The lowest BCUT2D eigenvalue weighted by Gasteiger charge is -2.24. The van der Waals surface area contributed by atoms with Crippen LogP contribution in [0.4, 0.5) is 0 Å². The van der Waals surface area contributed by atoms with Crippen molar-refractivity contribution in [2.75, 3.05) is 0 Å². The van der Waals surface area contributed by atoms with Crippen LogP contribution in [0.1, 0.15) is 70.1 Å². The van der Waals surface area contributed by atoms with E-state index >= 15 is 0 Å². The van der Waals surface area contributed by atoms with Crippen molar-refractivity contribution in [3.8, 4) is 0 Å². The fourth-order valence-electron chi connectivity index (χ4n) is 3.44. The maximum atomic E-state index is 5.46. The summed E-state index contributed by atoms with van der Waals surface area (Å²) >= 11 is 0. The Morgan fingerprint density at radius 1 is 1.32 bits per heavy atom. The van der Waals surface area contributed by atoms with Gasteiger partial charge in [0.15, 0.2) is 5.82 Å². The number of nitrogens with one attached hydrogen (secondary N) is 1. The Balaban J connectivity index is 1.60. The molecule has 2 aliphatic rings. The van der Waals surface area contributed by atoms with Crippen molar-refractivity contribution in [3.63, 3.8) is 0 Å². The van der Waals surface area contributed by atoms with Crippen molar-refractivity contribution >= 4 is 0 Å². The molecule has 1 aliphatic heterocycles. The molecule has 19 heavy (non-hydrogen) atoms. The van der Waals surface area contributed by atoms with Crippen LogP contribution in [0.3, 0.4) is 0 Å². The zero-order valence-corrected chi connectivity index (χ0v) is 12.1. The summed E-state index contributed by atoms with van der Waals surface area (Å²) in [6.07, 6.45) is 8.67. The van der Waals surface area contributed by atoms with E-state index in [9.17, 15) is 0 Å². The number of hydrogen-bond acceptors (Lipinski definition) is 4. The Kier molecular flexibility index (Phi) is 3.87. The van der Waals surface area contributed by atoms with Gasteiger partial charge in [0.25, 0.3) is 0 Å². The summed E-state index contributed by atoms with van der Waals surface area (Å²) in [4.78, 5) is 4.58. The first-order valence-corrected chi connectivity index (χ1v) is 7.81. The Morgan fingerprint density at radius 3 is 2.95 bits per heavy atom. The van der Waals surface area contributed by atoms with Gasteiger partial charge in [-0.25, -0.2) is 0 Å². The summed E-state index contributed by atoms with van der Waals surface area (Å²) in [7, 11) is 0. The van der Waals surface area contributed by atoms with Crippen molar-refractivity contribution in [2.24, 2.45) is 11.8 Å². The second-order valence-electron chi connectivity index (χ2n) is 6.59. The highest BCUT2D eigenvalue weighted by Gasteiger charge is 2.38. The van der Waals surface area contributed by atoms with Crippen LogP contribution in [0.25, 0.3) is 0 Å². The van der Waals surface area contributed by atoms with Gasteiger partial charge in [0.05, 0.1) is 6.04 Å². The molecule has 4 heteroatoms. The van der Waals surface area contributed by atoms with Gasteiger partial charge in [-0.2, -0.15) is 4.98 Å². The molecular weight excluding hydrogens is 238 g/mol. The van der Waals surface area contributed by atoms with Gasteiger partial charge in [0.1, 0.15) is 0 Å². The van der Waals surface area contributed by atoms with E-state index in [1.165, 1.54) is 32.1 Å². The Morgan fingerprint density at radius 2 is 2.16 bits per heavy atom. The molecule has 1 saturated heterocycles. The maximum Gasteiger partial charge on any atom is 0.243 e. The topological polar surface area (TPSA) is 51.0 Å². The van der Waals surface area contributed by atoms with E-state index in [4.69, 9.17) is 4.52 Å². The molecular formula is C15H25N3O. The van der Waals surface area contributed by atoms with E-state index in [1.807, 2.05) is 0 Å². The van der Waals surface area contributed by atoms with Gasteiger partial charge in [-0.3, -0.25) is 0 Å². The Labute approximate surface area is 115 Å². The van der Waals surface area contributed by atoms with Crippen molar-refractivity contribution < 1.29 is 4.52 Å². The van der Waals surface area contributed by atoms with Crippen LogP contribution in [0.5, 0.6) is 0 Å². The molecule has 1 saturated carbocycles. The van der Waals surface area contributed by atoms with Gasteiger partial charge in [-0.15, -0.1) is 0 Å². The number of aryl methyl sites for hydroxylation is 1. The first-order chi connectivity index (χ1) is 9.22. The first-order valence-electron chi connectivity index (χ1n) is 7.81. The lowest BCUT2D eigenvalue weighted by molar-refractivity contribution is 0.324. The van der Waals surface area contributed by atoms with Gasteiger partial charge in [0.2, 0.25) is 5.89 Å². The van der Waals surface area contributed by atoms with Crippen LogP contribution >= 0.6 is 0 Å². The standard InChI is InChI=1S/C15H25N3O/c1-10(2)7-8-14-17-15(19-18-14)13-9-11-5-3-4-6-12(11)16-13/h10-13,16H,3-9H2,1-2H3. The monoisotopic (exact) mass is 263 g/mol. The number of hydrogen-bond donors (Lipinski definition) is 1. The summed E-state index contributed by atoms with van der Waals surface area (Å²) in [5, 5.41) is 7.82. The van der Waals surface area contributed by atoms with Crippen LogP contribution in [0.15, 0.2) is 4.52 Å². The minimum atomic E-state index is 0.299. The molecule has 0 amide bonds. The normalized spacial score (nSPS) is 30.8. The van der Waals surface area contributed by atoms with Gasteiger partial charge < -0.3 is 9.84 Å². The molecule has 106 valence electrons. The highest BCUT2D eigenvalue weighted by atomic mass is 16.5. The van der Waals surface area contributed by atoms with E-state index in [0.717, 1.165) is 30.5 Å². The number of nitrogens with zero attached hydrogens (tertiary/aromatic N) is 2. The van der Waals surface area contributed by atoms with Gasteiger partial charge in [-0.05, 0) is 37.5 Å². The van der Waals surface area contributed by atoms with Gasteiger partial charge >= 0.3 is 0 Å². The van der Waals surface area contributed by atoms with Crippen molar-refractivity contribution in [2.45, 2.75) is 70.9 Å². The molecule has 2 fully saturated rings. The molecule has 0 aromatic carbocycles. The van der Waals surface area contributed by atoms with E-state index in [-0.39, 0.29) is 0 Å². The Bertz CT molecular complexity index is 401. The van der Waals surface area contributed by atoms with Crippen LogP contribution < -0.4 is 5.32 Å². The SMILES string of the molecule is CC(C)CCc1noc(C2CC3CCCCC3N2)n1. The lowest BCUT2D eigenvalue weighted by Crippen LogP contribution is -2.30.